The number of ether oxygens (including phenoxy) is 2. The highest BCUT2D eigenvalue weighted by atomic mass is 16.5. The van der Waals surface area contributed by atoms with Crippen LogP contribution in [0.15, 0.2) is 18.2 Å². The Morgan fingerprint density at radius 2 is 2.27 bits per heavy atom. The van der Waals surface area contributed by atoms with Gasteiger partial charge in [0.25, 0.3) is 0 Å². The van der Waals surface area contributed by atoms with Crippen molar-refractivity contribution in [3.63, 3.8) is 0 Å². The molecule has 0 aromatic carbocycles. The fraction of sp³-hybridized carbons (Fsp3) is 0.500. The summed E-state index contributed by atoms with van der Waals surface area (Å²) in [6, 6.07) is 5.45. The highest BCUT2D eigenvalue weighted by Gasteiger charge is 2.06. The van der Waals surface area contributed by atoms with Crippen LogP contribution in [-0.2, 0) is 9.47 Å². The summed E-state index contributed by atoms with van der Waals surface area (Å²) >= 11 is 0. The Kier molecular flexibility index (Phi) is 4.86. The van der Waals surface area contributed by atoms with Crippen molar-refractivity contribution >= 4 is 11.6 Å². The minimum atomic E-state index is 0.0123. The summed E-state index contributed by atoms with van der Waals surface area (Å²) in [6.45, 7) is 1.19. The summed E-state index contributed by atoms with van der Waals surface area (Å²) in [4.78, 5) is 4.11. The van der Waals surface area contributed by atoms with Gasteiger partial charge in [-0.3, -0.25) is 0 Å². The van der Waals surface area contributed by atoms with Crippen molar-refractivity contribution in [1.82, 2.24) is 4.98 Å². The van der Waals surface area contributed by atoms with Crippen LogP contribution in [-0.4, -0.2) is 38.5 Å². The van der Waals surface area contributed by atoms with Crippen LogP contribution < -0.4 is 11.1 Å². The van der Waals surface area contributed by atoms with Crippen molar-refractivity contribution in [3.8, 4) is 0 Å². The molecule has 5 heteroatoms. The predicted molar refractivity (Wildman–Crippen MR) is 59.8 cm³/mol. The molecule has 0 saturated carbocycles. The van der Waals surface area contributed by atoms with E-state index in [0.717, 1.165) is 5.82 Å². The minimum absolute atomic E-state index is 0.0123. The maximum absolute atomic E-state index is 5.55. The van der Waals surface area contributed by atoms with Gasteiger partial charge >= 0.3 is 0 Å². The second-order valence-corrected chi connectivity index (χ2v) is 3.14. The molecule has 15 heavy (non-hydrogen) atoms. The normalized spacial score (nSPS) is 12.4. The van der Waals surface area contributed by atoms with Crippen molar-refractivity contribution in [1.29, 1.82) is 0 Å². The predicted octanol–water partition coefficient (Wildman–Crippen LogP) is 0.737. The van der Waals surface area contributed by atoms with E-state index in [1.165, 1.54) is 0 Å². The Balaban J connectivity index is 2.41. The molecule has 5 nitrogen and oxygen atoms in total. The van der Waals surface area contributed by atoms with Crippen LogP contribution >= 0.6 is 0 Å². The molecule has 1 heterocycles. The molecular formula is C10H17N3O2. The first-order chi connectivity index (χ1) is 7.26. The largest absolute Gasteiger partial charge is 0.384 e. The number of nitrogens with two attached hydrogens (primary N) is 1. The van der Waals surface area contributed by atoms with Crippen LogP contribution in [0.2, 0.25) is 0 Å². The highest BCUT2D eigenvalue weighted by molar-refractivity contribution is 5.42. The summed E-state index contributed by atoms with van der Waals surface area (Å²) in [5, 5.41) is 3.13. The maximum Gasteiger partial charge on any atom is 0.128 e. The van der Waals surface area contributed by atoms with E-state index >= 15 is 0 Å². The third kappa shape index (κ3) is 4.14. The molecule has 0 bridgehead atoms. The Hall–Kier alpha value is -1.33. The third-order valence-electron chi connectivity index (χ3n) is 1.97. The smallest absolute Gasteiger partial charge is 0.128 e. The van der Waals surface area contributed by atoms with E-state index in [1.807, 2.05) is 12.1 Å². The number of methoxy groups -OCH3 is 2. The molecule has 0 radical (unpaired) electrons. The van der Waals surface area contributed by atoms with E-state index in [2.05, 4.69) is 10.3 Å². The number of pyridine rings is 1. The van der Waals surface area contributed by atoms with Gasteiger partial charge in [0.05, 0.1) is 12.7 Å². The number of aromatic nitrogens is 1. The van der Waals surface area contributed by atoms with Crippen LogP contribution in [0, 0.1) is 0 Å². The second kappa shape index (κ2) is 6.21. The molecule has 1 rings (SSSR count). The molecule has 1 aromatic rings. The average molecular weight is 211 g/mol. The van der Waals surface area contributed by atoms with Crippen molar-refractivity contribution in [3.05, 3.63) is 18.2 Å². The molecular weight excluding hydrogens is 194 g/mol. The van der Waals surface area contributed by atoms with Crippen LogP contribution in [0.4, 0.5) is 11.6 Å². The zero-order valence-corrected chi connectivity index (χ0v) is 9.06. The van der Waals surface area contributed by atoms with Crippen molar-refractivity contribution < 1.29 is 9.47 Å². The Bertz CT molecular complexity index is 294. The molecule has 1 atom stereocenters. The summed E-state index contributed by atoms with van der Waals surface area (Å²) in [5.41, 5.74) is 5.55. The highest BCUT2D eigenvalue weighted by Crippen LogP contribution is 2.05. The average Bonchev–Trinajstić information content (AvgIpc) is 2.24. The van der Waals surface area contributed by atoms with E-state index < -0.39 is 0 Å². The zero-order chi connectivity index (χ0) is 11.1. The van der Waals surface area contributed by atoms with Crippen LogP contribution in [0.25, 0.3) is 0 Å². The number of hydrogen-bond donors (Lipinski definition) is 2. The van der Waals surface area contributed by atoms with Gasteiger partial charge in [-0.2, -0.15) is 0 Å². The lowest BCUT2D eigenvalue weighted by atomic mass is 10.3. The van der Waals surface area contributed by atoms with Gasteiger partial charge in [-0.15, -0.1) is 0 Å². The molecule has 0 aliphatic carbocycles. The summed E-state index contributed by atoms with van der Waals surface area (Å²) in [5.74, 6) is 1.24. The second-order valence-electron chi connectivity index (χ2n) is 3.14. The molecule has 0 aliphatic heterocycles. The molecule has 0 saturated heterocycles. The fourth-order valence-electron chi connectivity index (χ4n) is 1.16. The van der Waals surface area contributed by atoms with Gasteiger partial charge in [0.15, 0.2) is 0 Å². The van der Waals surface area contributed by atoms with Crippen LogP contribution in [0.5, 0.6) is 0 Å². The van der Waals surface area contributed by atoms with Crippen LogP contribution in [0.3, 0.4) is 0 Å². The monoisotopic (exact) mass is 211 g/mol. The summed E-state index contributed by atoms with van der Waals surface area (Å²) in [6.07, 6.45) is 0.0123. The molecule has 0 fully saturated rings. The molecule has 1 aromatic heterocycles. The van der Waals surface area contributed by atoms with E-state index in [0.29, 0.717) is 19.0 Å². The number of nitrogen functional groups attached to an aromatic ring is 1. The number of nitrogens with one attached hydrogen (secondary N) is 1. The van der Waals surface area contributed by atoms with Gasteiger partial charge < -0.3 is 20.5 Å². The van der Waals surface area contributed by atoms with Crippen LogP contribution in [0.1, 0.15) is 0 Å². The van der Waals surface area contributed by atoms with E-state index in [4.69, 9.17) is 15.2 Å². The summed E-state index contributed by atoms with van der Waals surface area (Å²) in [7, 11) is 3.29. The first-order valence-electron chi connectivity index (χ1n) is 4.74. The van der Waals surface area contributed by atoms with E-state index in [-0.39, 0.29) is 6.10 Å². The first-order valence-corrected chi connectivity index (χ1v) is 4.74. The van der Waals surface area contributed by atoms with Crippen molar-refractivity contribution in [2.45, 2.75) is 6.10 Å². The fourth-order valence-corrected chi connectivity index (χ4v) is 1.16. The lowest BCUT2D eigenvalue weighted by Crippen LogP contribution is -2.26. The number of anilines is 2. The van der Waals surface area contributed by atoms with Gasteiger partial charge in [0.2, 0.25) is 0 Å². The number of nitrogens with zero attached hydrogens (tertiary/aromatic N) is 1. The van der Waals surface area contributed by atoms with E-state index in [1.54, 1.807) is 20.3 Å². The van der Waals surface area contributed by atoms with Gasteiger partial charge in [0.1, 0.15) is 11.6 Å². The molecule has 0 amide bonds. The molecule has 0 aliphatic rings. The van der Waals surface area contributed by atoms with E-state index in [9.17, 15) is 0 Å². The first kappa shape index (κ1) is 11.7. The lowest BCUT2D eigenvalue weighted by Gasteiger charge is -2.15. The van der Waals surface area contributed by atoms with Gasteiger partial charge in [-0.1, -0.05) is 6.07 Å². The molecule has 1 unspecified atom stereocenters. The van der Waals surface area contributed by atoms with Gasteiger partial charge in [-0.25, -0.2) is 4.98 Å². The van der Waals surface area contributed by atoms with Crippen molar-refractivity contribution in [2.75, 3.05) is 38.4 Å². The number of hydrogen-bond acceptors (Lipinski definition) is 5. The molecule has 3 N–H and O–H groups in total. The molecule has 84 valence electrons. The standard InChI is InChI=1S/C10H17N3O2/c1-14-7-8(15-2)6-12-10-5-3-4-9(11)13-10/h3-5,8H,6-7H2,1-2H3,(H3,11,12,13). The van der Waals surface area contributed by atoms with Gasteiger partial charge in [0, 0.05) is 20.8 Å². The SMILES string of the molecule is COCC(CNc1cccc(N)n1)OC. The zero-order valence-electron chi connectivity index (χ0n) is 9.06. The Morgan fingerprint density at radius 3 is 2.87 bits per heavy atom. The maximum atomic E-state index is 5.55. The Labute approximate surface area is 89.6 Å². The number of rotatable bonds is 6. The van der Waals surface area contributed by atoms with Gasteiger partial charge in [-0.05, 0) is 12.1 Å². The van der Waals surface area contributed by atoms with Crippen molar-refractivity contribution in [2.24, 2.45) is 0 Å². The quantitative estimate of drug-likeness (QED) is 0.726. The summed E-state index contributed by atoms with van der Waals surface area (Å²) < 4.78 is 10.2. The topological polar surface area (TPSA) is 69.4 Å². The molecule has 0 spiro atoms. The third-order valence-corrected chi connectivity index (χ3v) is 1.97. The Morgan fingerprint density at radius 1 is 1.47 bits per heavy atom. The minimum Gasteiger partial charge on any atom is -0.384 e. The lowest BCUT2D eigenvalue weighted by molar-refractivity contribution is 0.0365.